The molecule has 2 aromatic heterocycles. The molecule has 1 N–H and O–H groups in total. The number of hydrogen-bond acceptors (Lipinski definition) is 8. The number of carboxylic acid groups (broad SMARTS) is 1. The van der Waals surface area contributed by atoms with Gasteiger partial charge in [0, 0.05) is 28.9 Å². The highest BCUT2D eigenvalue weighted by Gasteiger charge is 2.15. The summed E-state index contributed by atoms with van der Waals surface area (Å²) in [6.45, 7) is 0. The number of nitrogens with zero attached hydrogens (tertiary/aromatic N) is 2. The number of phenolic OH excluding ortho intramolecular Hbond substituents is 1. The van der Waals surface area contributed by atoms with Crippen molar-refractivity contribution in [2.75, 3.05) is 7.11 Å². The Morgan fingerprint density at radius 2 is 2.31 bits per heavy atom. The monoisotopic (exact) mass is 391 g/mol. The number of benzene rings is 1. The van der Waals surface area contributed by atoms with Gasteiger partial charge >= 0.3 is 0 Å². The van der Waals surface area contributed by atoms with Crippen LogP contribution < -0.4 is 9.84 Å². The van der Waals surface area contributed by atoms with E-state index in [0.717, 1.165) is 5.56 Å². The molecule has 0 atom stereocenters. The summed E-state index contributed by atoms with van der Waals surface area (Å²) in [4.78, 5) is 15.4. The molecule has 26 heavy (non-hydrogen) atoms. The van der Waals surface area contributed by atoms with Crippen LogP contribution in [0.1, 0.15) is 17.9 Å². The maximum Gasteiger partial charge on any atom is 0.254 e. The zero-order chi connectivity index (χ0) is 18.7. The number of aliphatic carboxylic acids is 1. The van der Waals surface area contributed by atoms with Crippen LogP contribution in [0.4, 0.5) is 0 Å². The number of phenols is 1. The maximum absolute atomic E-state index is 11.1. The molecule has 0 bridgehead atoms. The number of aromatic hydroxyl groups is 1. The van der Waals surface area contributed by atoms with Crippen molar-refractivity contribution in [1.29, 1.82) is 0 Å². The molecule has 0 saturated heterocycles. The minimum Gasteiger partial charge on any atom is -0.550 e. The van der Waals surface area contributed by atoms with Gasteiger partial charge in [-0.1, -0.05) is 16.8 Å². The molecule has 0 aliphatic carbocycles. The fourth-order valence-corrected chi connectivity index (χ4v) is 3.09. The van der Waals surface area contributed by atoms with E-state index in [9.17, 15) is 15.0 Å². The number of thiophene rings is 1. The van der Waals surface area contributed by atoms with Crippen LogP contribution in [0.15, 0.2) is 33.5 Å². The Kier molecular flexibility index (Phi) is 5.24. The van der Waals surface area contributed by atoms with Gasteiger partial charge < -0.3 is 24.3 Å². The van der Waals surface area contributed by atoms with Gasteiger partial charge in [0.1, 0.15) is 0 Å². The summed E-state index contributed by atoms with van der Waals surface area (Å²) >= 11 is 7.45. The predicted molar refractivity (Wildman–Crippen MR) is 94.8 cm³/mol. The van der Waals surface area contributed by atoms with Crippen LogP contribution in [0.25, 0.3) is 23.0 Å². The van der Waals surface area contributed by atoms with Gasteiger partial charge in [-0.05, 0) is 35.2 Å². The lowest BCUT2D eigenvalue weighted by molar-refractivity contribution is -0.304. The molecule has 0 aliphatic heterocycles. The van der Waals surface area contributed by atoms with Gasteiger partial charge in [0.2, 0.25) is 5.82 Å². The van der Waals surface area contributed by atoms with Crippen LogP contribution in [0.2, 0.25) is 5.02 Å². The molecule has 7 nitrogen and oxygen atoms in total. The number of carbonyl (C=O) groups is 1. The van der Waals surface area contributed by atoms with Crippen molar-refractivity contribution in [2.24, 2.45) is 0 Å². The summed E-state index contributed by atoms with van der Waals surface area (Å²) in [5, 5.41) is 28.6. The molecule has 0 aliphatic rings. The average Bonchev–Trinajstić information content (AvgIpc) is 3.27. The van der Waals surface area contributed by atoms with E-state index in [1.54, 1.807) is 0 Å². The lowest BCUT2D eigenvalue weighted by Gasteiger charge is -2.08. The fourth-order valence-electron chi connectivity index (χ4n) is 2.24. The van der Waals surface area contributed by atoms with Crippen molar-refractivity contribution in [3.05, 3.63) is 45.4 Å². The predicted octanol–water partition coefficient (Wildman–Crippen LogP) is 2.85. The van der Waals surface area contributed by atoms with Crippen molar-refractivity contribution < 1.29 is 24.3 Å². The zero-order valence-corrected chi connectivity index (χ0v) is 15.0. The second-order valence-electron chi connectivity index (χ2n) is 5.21. The first-order valence-electron chi connectivity index (χ1n) is 7.31. The highest BCUT2D eigenvalue weighted by molar-refractivity contribution is 7.08. The Morgan fingerprint density at radius 3 is 2.96 bits per heavy atom. The molecule has 2 heterocycles. The molecule has 0 radical (unpaired) electrons. The summed E-state index contributed by atoms with van der Waals surface area (Å²) in [6.07, 6.45) is 1.07. The Hall–Kier alpha value is -2.84. The molecule has 0 amide bonds. The van der Waals surface area contributed by atoms with Crippen LogP contribution >= 0.6 is 22.9 Å². The fraction of sp³-hybridized carbons (Fsp3) is 0.118. The minimum atomic E-state index is -1.30. The molecule has 0 unspecified atom stereocenters. The Bertz CT molecular complexity index is 966. The van der Waals surface area contributed by atoms with Crippen LogP contribution in [0.3, 0.4) is 0 Å². The maximum atomic E-state index is 11.1. The summed E-state index contributed by atoms with van der Waals surface area (Å²) in [5.41, 5.74) is 1.51. The van der Waals surface area contributed by atoms with Gasteiger partial charge in [0.25, 0.3) is 5.89 Å². The third kappa shape index (κ3) is 3.87. The Labute approximate surface area is 157 Å². The topological polar surface area (TPSA) is 109 Å². The molecular formula is C17H12ClN2O5S-. The van der Waals surface area contributed by atoms with Gasteiger partial charge in [-0.3, -0.25) is 0 Å². The molecule has 0 fully saturated rings. The first kappa shape index (κ1) is 18.0. The first-order valence-corrected chi connectivity index (χ1v) is 8.63. The Balaban J connectivity index is 2.02. The molecule has 9 heteroatoms. The van der Waals surface area contributed by atoms with Gasteiger partial charge in [0.05, 0.1) is 12.1 Å². The molecule has 0 spiro atoms. The molecule has 134 valence electrons. The summed E-state index contributed by atoms with van der Waals surface area (Å²) in [5.74, 6) is -0.944. The number of methoxy groups -OCH3 is 1. The SMILES string of the molecule is COc1cc(/C=C(\CC(=O)[O-])c2nc(-c3ccsc3)no2)cc(Cl)c1O. The van der Waals surface area contributed by atoms with E-state index in [0.29, 0.717) is 11.4 Å². The Morgan fingerprint density at radius 1 is 1.50 bits per heavy atom. The van der Waals surface area contributed by atoms with Crippen molar-refractivity contribution in [2.45, 2.75) is 6.42 Å². The zero-order valence-electron chi connectivity index (χ0n) is 13.4. The van der Waals surface area contributed by atoms with E-state index in [-0.39, 0.29) is 28.0 Å². The molecule has 1 aromatic carbocycles. The summed E-state index contributed by atoms with van der Waals surface area (Å²) in [6, 6.07) is 4.80. The highest BCUT2D eigenvalue weighted by atomic mass is 35.5. The van der Waals surface area contributed by atoms with Crippen molar-refractivity contribution in [3.63, 3.8) is 0 Å². The largest absolute Gasteiger partial charge is 0.550 e. The van der Waals surface area contributed by atoms with Crippen molar-refractivity contribution in [1.82, 2.24) is 10.1 Å². The lowest BCUT2D eigenvalue weighted by Crippen LogP contribution is -2.22. The van der Waals surface area contributed by atoms with E-state index in [1.165, 1.54) is 36.7 Å². The average molecular weight is 392 g/mol. The second-order valence-corrected chi connectivity index (χ2v) is 6.39. The van der Waals surface area contributed by atoms with E-state index in [1.807, 2.05) is 16.8 Å². The number of ether oxygens (including phenoxy) is 1. The highest BCUT2D eigenvalue weighted by Crippen LogP contribution is 2.36. The number of carbonyl (C=O) groups excluding carboxylic acids is 1. The first-order chi connectivity index (χ1) is 12.5. The van der Waals surface area contributed by atoms with Crippen LogP contribution in [-0.4, -0.2) is 28.3 Å². The normalized spacial score (nSPS) is 11.5. The molecule has 3 aromatic rings. The van der Waals surface area contributed by atoms with Crippen LogP contribution in [0.5, 0.6) is 11.5 Å². The van der Waals surface area contributed by atoms with Crippen LogP contribution in [0, 0.1) is 0 Å². The van der Waals surface area contributed by atoms with Gasteiger partial charge in [-0.2, -0.15) is 16.3 Å². The third-order valence-electron chi connectivity index (χ3n) is 3.43. The number of hydrogen-bond donors (Lipinski definition) is 1. The molecule has 3 rings (SSSR count). The van der Waals surface area contributed by atoms with Crippen molar-refractivity contribution in [3.8, 4) is 22.9 Å². The molecular weight excluding hydrogens is 380 g/mol. The number of aromatic nitrogens is 2. The van der Waals surface area contributed by atoms with E-state index >= 15 is 0 Å². The van der Waals surface area contributed by atoms with Gasteiger partial charge in [-0.25, -0.2) is 0 Å². The number of carboxylic acids is 1. The standard InChI is InChI=1S/C17H13ClN2O5S/c1-24-13-6-9(5-12(18)15(13)23)4-11(7-14(21)22)17-19-16(20-25-17)10-2-3-26-8-10/h2-6,8,23H,7H2,1H3,(H,21,22)/p-1/b11-4+. The van der Waals surface area contributed by atoms with Gasteiger partial charge in [-0.15, -0.1) is 0 Å². The number of halogens is 1. The smallest absolute Gasteiger partial charge is 0.254 e. The van der Waals surface area contributed by atoms with Gasteiger partial charge in [0.15, 0.2) is 11.5 Å². The minimum absolute atomic E-state index is 0.0542. The van der Waals surface area contributed by atoms with E-state index in [4.69, 9.17) is 20.9 Å². The van der Waals surface area contributed by atoms with Crippen molar-refractivity contribution >= 4 is 40.6 Å². The summed E-state index contributed by atoms with van der Waals surface area (Å²) in [7, 11) is 1.38. The molecule has 0 saturated carbocycles. The lowest BCUT2D eigenvalue weighted by atomic mass is 10.1. The summed E-state index contributed by atoms with van der Waals surface area (Å²) < 4.78 is 10.3. The number of rotatable bonds is 6. The third-order valence-corrected chi connectivity index (χ3v) is 4.40. The quantitative estimate of drug-likeness (QED) is 0.688. The second kappa shape index (κ2) is 7.59. The van der Waals surface area contributed by atoms with E-state index < -0.39 is 12.4 Å². The van der Waals surface area contributed by atoms with Crippen LogP contribution in [-0.2, 0) is 4.79 Å². The van der Waals surface area contributed by atoms with E-state index in [2.05, 4.69) is 10.1 Å².